The number of nitrogens with zero attached hydrogens (tertiary/aromatic N) is 1. The highest BCUT2D eigenvalue weighted by Gasteiger charge is 2.24. The Morgan fingerprint density at radius 2 is 2.09 bits per heavy atom. The highest BCUT2D eigenvalue weighted by Crippen LogP contribution is 2.33. The van der Waals surface area contributed by atoms with Crippen molar-refractivity contribution in [2.24, 2.45) is 0 Å². The highest BCUT2D eigenvalue weighted by atomic mass is 19.1. The summed E-state index contributed by atoms with van der Waals surface area (Å²) in [6.45, 7) is 0.287. The number of anilines is 1. The van der Waals surface area contributed by atoms with Crippen molar-refractivity contribution in [3.63, 3.8) is 0 Å². The zero-order valence-corrected chi connectivity index (χ0v) is 13.3. The van der Waals surface area contributed by atoms with Crippen LogP contribution in [0.5, 0.6) is 0 Å². The first kappa shape index (κ1) is 15.7. The molecule has 1 aliphatic rings. The summed E-state index contributed by atoms with van der Waals surface area (Å²) in [5, 5.41) is 2.76. The average Bonchev–Trinajstić information content (AvgIpc) is 2.54. The van der Waals surface area contributed by atoms with Gasteiger partial charge in [-0.15, -0.1) is 0 Å². The van der Waals surface area contributed by atoms with Crippen molar-refractivity contribution < 1.29 is 9.18 Å². The van der Waals surface area contributed by atoms with E-state index in [0.29, 0.717) is 5.69 Å². The second kappa shape index (κ2) is 6.92. The topological polar surface area (TPSA) is 32.3 Å². The number of benzene rings is 2. The van der Waals surface area contributed by atoms with E-state index in [4.69, 9.17) is 0 Å². The quantitative estimate of drug-likeness (QED) is 0.932. The van der Waals surface area contributed by atoms with Gasteiger partial charge >= 0.3 is 0 Å². The zero-order chi connectivity index (χ0) is 16.2. The van der Waals surface area contributed by atoms with Crippen LogP contribution in [0.3, 0.4) is 0 Å². The van der Waals surface area contributed by atoms with Crippen LogP contribution in [0.4, 0.5) is 10.1 Å². The molecule has 4 heteroatoms. The first-order valence-electron chi connectivity index (χ1n) is 7.97. The van der Waals surface area contributed by atoms with Gasteiger partial charge in [-0.05, 0) is 55.6 Å². The summed E-state index contributed by atoms with van der Waals surface area (Å²) in [4.78, 5) is 14.3. The maximum absolute atomic E-state index is 13.2. The van der Waals surface area contributed by atoms with Gasteiger partial charge in [-0.2, -0.15) is 0 Å². The van der Waals surface area contributed by atoms with Gasteiger partial charge in [0.05, 0.1) is 6.54 Å². The van der Waals surface area contributed by atoms with E-state index >= 15 is 0 Å². The number of hydrogen-bond donors (Lipinski definition) is 1. The van der Waals surface area contributed by atoms with Gasteiger partial charge in [0.1, 0.15) is 5.82 Å². The van der Waals surface area contributed by atoms with E-state index in [1.165, 1.54) is 23.3 Å². The van der Waals surface area contributed by atoms with Crippen molar-refractivity contribution in [3.8, 4) is 0 Å². The van der Waals surface area contributed by atoms with Crippen molar-refractivity contribution >= 4 is 11.6 Å². The third kappa shape index (κ3) is 3.77. The van der Waals surface area contributed by atoms with Crippen LogP contribution >= 0.6 is 0 Å². The highest BCUT2D eigenvalue weighted by molar-refractivity contribution is 5.92. The molecule has 2 aromatic rings. The molecule has 1 amide bonds. The van der Waals surface area contributed by atoms with E-state index in [-0.39, 0.29) is 24.3 Å². The molecule has 0 bridgehead atoms. The molecular formula is C19H21FN2O. The molecule has 0 aliphatic heterocycles. The Bertz CT molecular complexity index is 701. The smallest absolute Gasteiger partial charge is 0.238 e. The molecule has 1 atom stereocenters. The molecule has 0 radical (unpaired) electrons. The predicted molar refractivity (Wildman–Crippen MR) is 89.8 cm³/mol. The van der Waals surface area contributed by atoms with E-state index in [1.807, 2.05) is 7.05 Å². The third-order valence-electron chi connectivity index (χ3n) is 4.37. The molecule has 0 aromatic heterocycles. The van der Waals surface area contributed by atoms with Gasteiger partial charge in [0.25, 0.3) is 0 Å². The molecule has 3 rings (SSSR count). The summed E-state index contributed by atoms with van der Waals surface area (Å²) in [6.07, 6.45) is 3.30. The molecule has 0 saturated carbocycles. The van der Waals surface area contributed by atoms with Crippen LogP contribution < -0.4 is 5.32 Å². The third-order valence-corrected chi connectivity index (χ3v) is 4.37. The Hall–Kier alpha value is -2.20. The number of amides is 1. The Kier molecular flexibility index (Phi) is 4.72. The number of rotatable bonds is 4. The number of carbonyl (C=O) groups is 1. The van der Waals surface area contributed by atoms with Gasteiger partial charge in [0.2, 0.25) is 5.91 Å². The number of halogens is 1. The molecule has 0 unspecified atom stereocenters. The molecule has 23 heavy (non-hydrogen) atoms. The normalized spacial score (nSPS) is 16.9. The summed E-state index contributed by atoms with van der Waals surface area (Å²) in [5.74, 6) is -0.474. The van der Waals surface area contributed by atoms with E-state index in [9.17, 15) is 9.18 Å². The van der Waals surface area contributed by atoms with Crippen molar-refractivity contribution in [2.45, 2.75) is 25.3 Å². The first-order chi connectivity index (χ1) is 11.1. The van der Waals surface area contributed by atoms with Crippen molar-refractivity contribution in [3.05, 3.63) is 65.5 Å². The second-order valence-electron chi connectivity index (χ2n) is 6.08. The molecule has 0 fully saturated rings. The lowest BCUT2D eigenvalue weighted by Gasteiger charge is -2.32. The fraction of sp³-hybridized carbons (Fsp3) is 0.316. The van der Waals surface area contributed by atoms with E-state index in [1.54, 1.807) is 12.1 Å². The number of aryl methyl sites for hydroxylation is 1. The number of nitrogens with one attached hydrogen (secondary N) is 1. The average molecular weight is 312 g/mol. The lowest BCUT2D eigenvalue weighted by atomic mass is 9.87. The molecule has 2 aromatic carbocycles. The molecule has 1 N–H and O–H groups in total. The summed E-state index contributed by atoms with van der Waals surface area (Å²) >= 11 is 0. The van der Waals surface area contributed by atoms with Crippen LogP contribution in [0, 0.1) is 5.82 Å². The molecule has 0 saturated heterocycles. The minimum absolute atomic E-state index is 0.124. The monoisotopic (exact) mass is 312 g/mol. The Morgan fingerprint density at radius 3 is 2.91 bits per heavy atom. The number of likely N-dealkylation sites (N-methyl/N-ethyl adjacent to an activating group) is 1. The standard InChI is InChI=1S/C19H21FN2O/c1-22(13-19(23)21-16-9-5-8-15(20)12-16)18-11-4-7-14-6-2-3-10-17(14)18/h2-3,5-6,8-10,12,18H,4,7,11,13H2,1H3,(H,21,23)/t18-/m0/s1. The lowest BCUT2D eigenvalue weighted by molar-refractivity contribution is -0.117. The SMILES string of the molecule is CN(CC(=O)Nc1cccc(F)c1)[C@H]1CCCc2ccccc21. The van der Waals surface area contributed by atoms with E-state index in [2.05, 4.69) is 34.5 Å². The summed E-state index contributed by atoms with van der Waals surface area (Å²) in [5.41, 5.74) is 3.19. The van der Waals surface area contributed by atoms with Crippen LogP contribution in [0.2, 0.25) is 0 Å². The van der Waals surface area contributed by atoms with Gasteiger partial charge in [0.15, 0.2) is 0 Å². The van der Waals surface area contributed by atoms with Gasteiger partial charge in [-0.1, -0.05) is 30.3 Å². The minimum Gasteiger partial charge on any atom is -0.325 e. The molecule has 120 valence electrons. The summed E-state index contributed by atoms with van der Waals surface area (Å²) < 4.78 is 13.2. The zero-order valence-electron chi connectivity index (χ0n) is 13.3. The summed E-state index contributed by atoms with van der Waals surface area (Å²) in [6, 6.07) is 14.7. The van der Waals surface area contributed by atoms with Gasteiger partial charge < -0.3 is 5.32 Å². The fourth-order valence-electron chi connectivity index (χ4n) is 3.29. The van der Waals surface area contributed by atoms with Gasteiger partial charge in [-0.25, -0.2) is 4.39 Å². The Balaban J connectivity index is 1.65. The molecule has 0 spiro atoms. The second-order valence-corrected chi connectivity index (χ2v) is 6.08. The van der Waals surface area contributed by atoms with Crippen molar-refractivity contribution in [2.75, 3.05) is 18.9 Å². The van der Waals surface area contributed by atoms with Crippen molar-refractivity contribution in [1.82, 2.24) is 4.90 Å². The van der Waals surface area contributed by atoms with Crippen LogP contribution in [-0.2, 0) is 11.2 Å². The van der Waals surface area contributed by atoms with Crippen LogP contribution in [-0.4, -0.2) is 24.4 Å². The molecule has 1 aliphatic carbocycles. The van der Waals surface area contributed by atoms with Gasteiger partial charge in [-0.3, -0.25) is 9.69 Å². The Morgan fingerprint density at radius 1 is 1.26 bits per heavy atom. The predicted octanol–water partition coefficient (Wildman–Crippen LogP) is 3.77. The maximum atomic E-state index is 13.2. The molecule has 0 heterocycles. The molecule has 3 nitrogen and oxygen atoms in total. The fourth-order valence-corrected chi connectivity index (χ4v) is 3.29. The van der Waals surface area contributed by atoms with Crippen LogP contribution in [0.15, 0.2) is 48.5 Å². The first-order valence-corrected chi connectivity index (χ1v) is 7.97. The number of fused-ring (bicyclic) bond motifs is 1. The van der Waals surface area contributed by atoms with Crippen LogP contribution in [0.25, 0.3) is 0 Å². The van der Waals surface area contributed by atoms with E-state index in [0.717, 1.165) is 19.3 Å². The number of carbonyl (C=O) groups excluding carboxylic acids is 1. The van der Waals surface area contributed by atoms with Crippen LogP contribution in [0.1, 0.15) is 30.0 Å². The molecular weight excluding hydrogens is 291 g/mol. The maximum Gasteiger partial charge on any atom is 0.238 e. The largest absolute Gasteiger partial charge is 0.325 e. The van der Waals surface area contributed by atoms with E-state index < -0.39 is 0 Å². The van der Waals surface area contributed by atoms with Gasteiger partial charge in [0, 0.05) is 11.7 Å². The van der Waals surface area contributed by atoms with Crippen molar-refractivity contribution in [1.29, 1.82) is 0 Å². The lowest BCUT2D eigenvalue weighted by Crippen LogP contribution is -2.34. The Labute approximate surface area is 136 Å². The summed E-state index contributed by atoms with van der Waals surface area (Å²) in [7, 11) is 1.97. The minimum atomic E-state index is -0.350. The number of hydrogen-bond acceptors (Lipinski definition) is 2.